The molecule has 1 saturated carbocycles. The third-order valence-electron chi connectivity index (χ3n) is 4.89. The number of rotatable bonds is 6. The van der Waals surface area contributed by atoms with Gasteiger partial charge in [-0.2, -0.15) is 0 Å². The van der Waals surface area contributed by atoms with E-state index in [4.69, 9.17) is 25.7 Å². The molecule has 8 unspecified atom stereocenters. The molecule has 23 heavy (non-hydrogen) atoms. The van der Waals surface area contributed by atoms with Crippen LogP contribution >= 0.6 is 0 Å². The van der Waals surface area contributed by atoms with Crippen LogP contribution < -0.4 is 22.1 Å². The highest BCUT2D eigenvalue weighted by Crippen LogP contribution is 2.27. The minimum absolute atomic E-state index is 0.0635. The van der Waals surface area contributed by atoms with Crippen LogP contribution in [0.15, 0.2) is 0 Å². The van der Waals surface area contributed by atoms with Gasteiger partial charge in [-0.3, -0.25) is 0 Å². The normalized spacial score (nSPS) is 45.1. The smallest absolute Gasteiger partial charge is 0.173 e. The fourth-order valence-corrected chi connectivity index (χ4v) is 3.55. The molecule has 2 rings (SSSR count). The highest BCUT2D eigenvalue weighted by Gasteiger charge is 2.45. The van der Waals surface area contributed by atoms with Gasteiger partial charge >= 0.3 is 0 Å². The first-order valence-corrected chi connectivity index (χ1v) is 8.36. The van der Waals surface area contributed by atoms with Gasteiger partial charge in [0.25, 0.3) is 0 Å². The molecule has 1 saturated heterocycles. The summed E-state index contributed by atoms with van der Waals surface area (Å²) in [5.41, 5.74) is 12.3. The number of aliphatic hydroxyl groups excluding tert-OH is 1. The van der Waals surface area contributed by atoms with Crippen molar-refractivity contribution < 1.29 is 19.3 Å². The molecule has 0 amide bonds. The van der Waals surface area contributed by atoms with Crippen molar-refractivity contribution in [2.45, 2.75) is 68.1 Å². The molecule has 7 N–H and O–H groups in total. The Kier molecular flexibility index (Phi) is 7.18. The number of hydrogen-bond acceptors (Lipinski definition) is 8. The second kappa shape index (κ2) is 8.68. The molecule has 0 radical (unpaired) electrons. The van der Waals surface area contributed by atoms with Crippen LogP contribution in [0.25, 0.3) is 0 Å². The van der Waals surface area contributed by atoms with Gasteiger partial charge in [-0.25, -0.2) is 0 Å². The van der Waals surface area contributed by atoms with E-state index >= 15 is 0 Å². The van der Waals surface area contributed by atoms with Gasteiger partial charge in [-0.1, -0.05) is 0 Å². The number of likely N-dealkylation sites (N-methyl/N-ethyl adjacent to an activating group) is 2. The molecule has 0 aromatic rings. The Hall–Kier alpha value is -0.320. The predicted molar refractivity (Wildman–Crippen MR) is 86.9 cm³/mol. The van der Waals surface area contributed by atoms with Crippen molar-refractivity contribution in [3.63, 3.8) is 0 Å². The van der Waals surface area contributed by atoms with Gasteiger partial charge in [0.2, 0.25) is 0 Å². The number of nitrogens with one attached hydrogen (secondary N) is 2. The molecule has 1 heterocycles. The zero-order valence-electron chi connectivity index (χ0n) is 14.3. The van der Waals surface area contributed by atoms with Crippen LogP contribution in [0.1, 0.15) is 19.3 Å². The largest absolute Gasteiger partial charge is 0.389 e. The van der Waals surface area contributed by atoms with Gasteiger partial charge in [0.1, 0.15) is 6.10 Å². The van der Waals surface area contributed by atoms with Gasteiger partial charge in [-0.15, -0.1) is 0 Å². The van der Waals surface area contributed by atoms with Crippen molar-refractivity contribution in [2.24, 2.45) is 11.5 Å². The summed E-state index contributed by atoms with van der Waals surface area (Å²) < 4.78 is 17.4. The molecule has 0 spiro atoms. The Morgan fingerprint density at radius 2 is 1.96 bits per heavy atom. The number of methoxy groups -OCH3 is 1. The molecule has 0 bridgehead atoms. The maximum absolute atomic E-state index is 10.6. The zero-order chi connectivity index (χ0) is 17.0. The molecule has 1 aliphatic carbocycles. The van der Waals surface area contributed by atoms with Crippen LogP contribution in [-0.2, 0) is 14.2 Å². The molecular weight excluding hydrogens is 300 g/mol. The lowest BCUT2D eigenvalue weighted by Crippen LogP contribution is -2.65. The van der Waals surface area contributed by atoms with Crippen molar-refractivity contribution in [1.82, 2.24) is 10.6 Å². The summed E-state index contributed by atoms with van der Waals surface area (Å²) in [6, 6.07) is -0.784. The molecule has 0 aromatic heterocycles. The van der Waals surface area contributed by atoms with Crippen molar-refractivity contribution >= 4 is 0 Å². The number of nitrogens with two attached hydrogens (primary N) is 2. The van der Waals surface area contributed by atoms with E-state index in [1.54, 1.807) is 14.2 Å². The summed E-state index contributed by atoms with van der Waals surface area (Å²) in [4.78, 5) is 0. The molecule has 8 nitrogen and oxygen atoms in total. The molecule has 0 aromatic carbocycles. The van der Waals surface area contributed by atoms with Gasteiger partial charge in [0, 0.05) is 19.7 Å². The Labute approximate surface area is 138 Å². The summed E-state index contributed by atoms with van der Waals surface area (Å²) in [6.45, 7) is 0.747. The van der Waals surface area contributed by atoms with E-state index in [-0.39, 0.29) is 30.3 Å². The fourth-order valence-electron chi connectivity index (χ4n) is 3.55. The summed E-state index contributed by atoms with van der Waals surface area (Å²) in [6.07, 6.45) is 0.362. The molecule has 8 heteroatoms. The van der Waals surface area contributed by atoms with Gasteiger partial charge < -0.3 is 41.4 Å². The topological polar surface area (TPSA) is 124 Å². The van der Waals surface area contributed by atoms with Gasteiger partial charge in [-0.05, 0) is 33.4 Å². The van der Waals surface area contributed by atoms with Crippen LogP contribution in [0.5, 0.6) is 0 Å². The average molecular weight is 332 g/mol. The minimum atomic E-state index is -0.783. The van der Waals surface area contributed by atoms with Crippen LogP contribution in [0.2, 0.25) is 0 Å². The molecule has 2 aliphatic rings. The third kappa shape index (κ3) is 4.40. The van der Waals surface area contributed by atoms with Crippen molar-refractivity contribution in [3.05, 3.63) is 0 Å². The van der Waals surface area contributed by atoms with Crippen molar-refractivity contribution in [3.8, 4) is 0 Å². The Morgan fingerprint density at radius 3 is 2.57 bits per heavy atom. The van der Waals surface area contributed by atoms with Gasteiger partial charge in [0.15, 0.2) is 6.29 Å². The molecule has 8 atom stereocenters. The second-order valence-electron chi connectivity index (χ2n) is 6.50. The minimum Gasteiger partial charge on any atom is -0.389 e. The highest BCUT2D eigenvalue weighted by atomic mass is 16.7. The second-order valence-corrected chi connectivity index (χ2v) is 6.50. The summed E-state index contributed by atoms with van der Waals surface area (Å²) in [5, 5.41) is 16.8. The summed E-state index contributed by atoms with van der Waals surface area (Å²) >= 11 is 0. The Balaban J connectivity index is 2.02. The monoisotopic (exact) mass is 332 g/mol. The van der Waals surface area contributed by atoms with E-state index in [1.807, 2.05) is 7.05 Å². The Bertz CT molecular complexity index is 362. The molecular formula is C15H32N4O4. The van der Waals surface area contributed by atoms with Crippen LogP contribution in [-0.4, -0.2) is 81.7 Å². The number of hydrogen-bond donors (Lipinski definition) is 5. The summed E-state index contributed by atoms with van der Waals surface area (Å²) in [5.74, 6) is 0. The van der Waals surface area contributed by atoms with E-state index in [0.717, 1.165) is 19.4 Å². The Morgan fingerprint density at radius 1 is 1.22 bits per heavy atom. The van der Waals surface area contributed by atoms with Crippen LogP contribution in [0, 0.1) is 0 Å². The number of ether oxygens (including phenoxy) is 3. The van der Waals surface area contributed by atoms with E-state index in [0.29, 0.717) is 6.42 Å². The average Bonchev–Trinajstić information content (AvgIpc) is 2.53. The van der Waals surface area contributed by atoms with E-state index in [9.17, 15) is 5.11 Å². The highest BCUT2D eigenvalue weighted by molar-refractivity contribution is 5.00. The molecule has 136 valence electrons. The lowest BCUT2D eigenvalue weighted by molar-refractivity contribution is -0.250. The first kappa shape index (κ1) is 19.0. The van der Waals surface area contributed by atoms with E-state index in [2.05, 4.69) is 10.6 Å². The fraction of sp³-hybridized carbons (Fsp3) is 1.00. The maximum atomic E-state index is 10.6. The lowest BCUT2D eigenvalue weighted by Gasteiger charge is -2.45. The SMILES string of the molecule is CNCC1CCC(N)C(OC2C(N)CC(OC)C(NC)C2O)O1. The zero-order valence-corrected chi connectivity index (χ0v) is 14.3. The number of aliphatic hydroxyl groups is 1. The molecule has 2 fully saturated rings. The standard InChI is InChI=1S/C15H32N4O4/c1-18-7-8-4-5-9(16)15(22-8)23-14-10(17)6-11(21-3)12(19-2)13(14)20/h8-15,18-20H,4-7,16-17H2,1-3H3. The van der Waals surface area contributed by atoms with E-state index in [1.165, 1.54) is 0 Å². The van der Waals surface area contributed by atoms with Crippen LogP contribution in [0.4, 0.5) is 0 Å². The lowest BCUT2D eigenvalue weighted by atomic mass is 9.84. The quantitative estimate of drug-likeness (QED) is 0.383. The van der Waals surface area contributed by atoms with Crippen molar-refractivity contribution in [2.75, 3.05) is 27.7 Å². The summed E-state index contributed by atoms with van der Waals surface area (Å²) in [7, 11) is 5.30. The van der Waals surface area contributed by atoms with Crippen molar-refractivity contribution in [1.29, 1.82) is 0 Å². The first-order chi connectivity index (χ1) is 11.0. The maximum Gasteiger partial charge on any atom is 0.173 e. The third-order valence-corrected chi connectivity index (χ3v) is 4.89. The van der Waals surface area contributed by atoms with Crippen LogP contribution in [0.3, 0.4) is 0 Å². The molecule has 1 aliphatic heterocycles. The first-order valence-electron chi connectivity index (χ1n) is 8.36. The van der Waals surface area contributed by atoms with E-state index < -0.39 is 18.5 Å². The van der Waals surface area contributed by atoms with Gasteiger partial charge in [0.05, 0.1) is 30.4 Å². The predicted octanol–water partition coefficient (Wildman–Crippen LogP) is -1.88.